The van der Waals surface area contributed by atoms with Crippen LogP contribution in [0.3, 0.4) is 0 Å². The molecule has 1 unspecified atom stereocenters. The fraction of sp³-hybridized carbons (Fsp3) is 0.444. The normalized spacial score (nSPS) is 21.2. The van der Waals surface area contributed by atoms with Gasteiger partial charge in [0.2, 0.25) is 12.7 Å². The lowest BCUT2D eigenvalue weighted by Gasteiger charge is -2.30. The van der Waals surface area contributed by atoms with E-state index in [0.717, 1.165) is 65.1 Å². The van der Waals surface area contributed by atoms with Crippen molar-refractivity contribution >= 4 is 23.3 Å². The Bertz CT molecular complexity index is 1540. The third kappa shape index (κ3) is 6.11. The highest BCUT2D eigenvalue weighted by molar-refractivity contribution is 5.94. The first-order valence-electron chi connectivity index (χ1n) is 16.0. The van der Waals surface area contributed by atoms with Gasteiger partial charge >= 0.3 is 5.97 Å². The van der Waals surface area contributed by atoms with Crippen molar-refractivity contribution < 1.29 is 28.9 Å². The van der Waals surface area contributed by atoms with Gasteiger partial charge < -0.3 is 29.5 Å². The highest BCUT2D eigenvalue weighted by Gasteiger charge is 2.48. The van der Waals surface area contributed by atoms with Crippen LogP contribution in [-0.4, -0.2) is 68.1 Å². The van der Waals surface area contributed by atoms with Crippen molar-refractivity contribution in [2.45, 2.75) is 52.5 Å². The summed E-state index contributed by atoms with van der Waals surface area (Å²) in [7, 11) is 0. The van der Waals surface area contributed by atoms with Gasteiger partial charge in [-0.1, -0.05) is 49.7 Å². The van der Waals surface area contributed by atoms with Crippen LogP contribution < -0.4 is 19.7 Å². The lowest BCUT2D eigenvalue weighted by molar-refractivity contribution is -0.143. The molecule has 0 radical (unpaired) electrons. The molecule has 3 atom stereocenters. The van der Waals surface area contributed by atoms with Crippen molar-refractivity contribution in [1.29, 1.82) is 0 Å². The van der Waals surface area contributed by atoms with Crippen LogP contribution in [0.4, 0.5) is 11.4 Å². The third-order valence-electron chi connectivity index (χ3n) is 9.54. The van der Waals surface area contributed by atoms with E-state index in [1.165, 1.54) is 5.56 Å². The van der Waals surface area contributed by atoms with Crippen molar-refractivity contribution in [3.63, 3.8) is 0 Å². The first-order chi connectivity index (χ1) is 21.8. The van der Waals surface area contributed by atoms with E-state index in [-0.39, 0.29) is 25.2 Å². The summed E-state index contributed by atoms with van der Waals surface area (Å²) in [6.07, 6.45) is 1.61. The molecule has 238 valence electrons. The number of likely N-dealkylation sites (tertiary alicyclic amines) is 1. The first kappa shape index (κ1) is 30.9. The molecular weight excluding hydrogens is 570 g/mol. The minimum absolute atomic E-state index is 0.0694. The van der Waals surface area contributed by atoms with Crippen LogP contribution in [-0.2, 0) is 27.2 Å². The number of carbonyl (C=O) groups is 2. The molecule has 6 rings (SSSR count). The summed E-state index contributed by atoms with van der Waals surface area (Å²) < 4.78 is 16.9. The number of nitrogens with zero attached hydrogens (tertiary/aromatic N) is 2. The minimum Gasteiger partial charge on any atom is -0.481 e. The molecular formula is C36H43N3O6. The SMILES string of the molecule is CCc1cc(C)cc(CC)c1NC(=O)CN1C[C@H](c2ccc3c(c2C)OCO3)C(C(=O)O)[C@@H]1c1ccc(N2CCOCC2)cc1. The quantitative estimate of drug-likeness (QED) is 0.328. The number of hydrogen-bond donors (Lipinski definition) is 2. The van der Waals surface area contributed by atoms with Crippen LogP contribution in [0.25, 0.3) is 0 Å². The van der Waals surface area contributed by atoms with Gasteiger partial charge in [-0.15, -0.1) is 0 Å². The number of carboxylic acids is 1. The number of morpholine rings is 1. The van der Waals surface area contributed by atoms with Crippen LogP contribution >= 0.6 is 0 Å². The zero-order valence-corrected chi connectivity index (χ0v) is 26.6. The lowest BCUT2D eigenvalue weighted by atomic mass is 9.81. The summed E-state index contributed by atoms with van der Waals surface area (Å²) >= 11 is 0. The second-order valence-electron chi connectivity index (χ2n) is 12.3. The van der Waals surface area contributed by atoms with E-state index < -0.39 is 17.9 Å². The van der Waals surface area contributed by atoms with E-state index in [1.807, 2.05) is 36.1 Å². The topological polar surface area (TPSA) is 101 Å². The van der Waals surface area contributed by atoms with Crippen LogP contribution in [0, 0.1) is 19.8 Å². The molecule has 45 heavy (non-hydrogen) atoms. The van der Waals surface area contributed by atoms with Crippen LogP contribution in [0.2, 0.25) is 0 Å². The Morgan fingerprint density at radius 1 is 0.956 bits per heavy atom. The summed E-state index contributed by atoms with van der Waals surface area (Å²) in [6.45, 7) is 11.9. The number of nitrogens with one attached hydrogen (secondary N) is 1. The fourth-order valence-corrected chi connectivity index (χ4v) is 7.36. The minimum atomic E-state index is -0.887. The Morgan fingerprint density at radius 3 is 2.29 bits per heavy atom. The number of aliphatic carboxylic acids is 1. The van der Waals surface area contributed by atoms with Crippen LogP contribution in [0.1, 0.15) is 59.2 Å². The number of aryl methyl sites for hydroxylation is 3. The molecule has 9 heteroatoms. The summed E-state index contributed by atoms with van der Waals surface area (Å²) in [5, 5.41) is 14.0. The van der Waals surface area contributed by atoms with E-state index in [0.29, 0.717) is 31.3 Å². The molecule has 2 saturated heterocycles. The average Bonchev–Trinajstić information content (AvgIpc) is 3.68. The van der Waals surface area contributed by atoms with Gasteiger partial charge in [-0.05, 0) is 72.7 Å². The largest absolute Gasteiger partial charge is 0.481 e. The Kier molecular flexibility index (Phi) is 9.01. The number of carboxylic acid groups (broad SMARTS) is 1. The lowest BCUT2D eigenvalue weighted by Crippen LogP contribution is -2.36. The molecule has 3 aromatic rings. The summed E-state index contributed by atoms with van der Waals surface area (Å²) in [6, 6.07) is 15.7. The standard InChI is InChI=1S/C36H43N3O6/c1-5-24-17-22(3)18-25(6-2)33(24)37-31(40)20-39-19-29(28-11-12-30-35(23(28)4)45-21-44-30)32(36(41)42)34(39)26-7-9-27(10-8-26)38-13-15-43-16-14-38/h7-12,17-18,29,32,34H,5-6,13-16,19-21H2,1-4H3,(H,37,40)(H,41,42)/t29-,32?,34+/m1/s1. The molecule has 3 aliphatic rings. The zero-order chi connectivity index (χ0) is 31.7. The van der Waals surface area contributed by atoms with Gasteiger partial charge in [0.1, 0.15) is 0 Å². The smallest absolute Gasteiger partial charge is 0.309 e. The van der Waals surface area contributed by atoms with E-state index >= 15 is 0 Å². The molecule has 2 fully saturated rings. The molecule has 0 aliphatic carbocycles. The molecule has 3 aromatic carbocycles. The molecule has 0 bridgehead atoms. The summed E-state index contributed by atoms with van der Waals surface area (Å²) in [5.74, 6) is -0.831. The van der Waals surface area contributed by atoms with E-state index in [4.69, 9.17) is 14.2 Å². The number of ether oxygens (including phenoxy) is 3. The Hall–Kier alpha value is -4.08. The van der Waals surface area contributed by atoms with Crippen molar-refractivity contribution in [1.82, 2.24) is 4.90 Å². The summed E-state index contributed by atoms with van der Waals surface area (Å²) in [4.78, 5) is 31.3. The predicted octanol–water partition coefficient (Wildman–Crippen LogP) is 5.47. The molecule has 3 aliphatic heterocycles. The Balaban J connectivity index is 1.35. The van der Waals surface area contributed by atoms with Crippen LogP contribution in [0.5, 0.6) is 11.5 Å². The van der Waals surface area contributed by atoms with Gasteiger partial charge in [0.25, 0.3) is 0 Å². The molecule has 1 amide bonds. The number of fused-ring (bicyclic) bond motifs is 1. The molecule has 0 saturated carbocycles. The van der Waals surface area contributed by atoms with Gasteiger partial charge in [0, 0.05) is 43.0 Å². The predicted molar refractivity (Wildman–Crippen MR) is 174 cm³/mol. The molecule has 0 spiro atoms. The number of amides is 1. The van der Waals surface area contributed by atoms with Crippen molar-refractivity contribution in [2.75, 3.05) is 56.4 Å². The Labute approximate surface area is 265 Å². The number of benzene rings is 3. The average molecular weight is 614 g/mol. The highest BCUT2D eigenvalue weighted by atomic mass is 16.7. The maximum Gasteiger partial charge on any atom is 0.309 e. The van der Waals surface area contributed by atoms with E-state index in [1.54, 1.807) is 0 Å². The van der Waals surface area contributed by atoms with Gasteiger partial charge in [0.15, 0.2) is 11.5 Å². The van der Waals surface area contributed by atoms with E-state index in [2.05, 4.69) is 55.3 Å². The Morgan fingerprint density at radius 2 is 1.64 bits per heavy atom. The second kappa shape index (κ2) is 13.1. The molecule has 0 aromatic heterocycles. The fourth-order valence-electron chi connectivity index (χ4n) is 7.36. The number of hydrogen-bond acceptors (Lipinski definition) is 7. The number of anilines is 2. The zero-order valence-electron chi connectivity index (χ0n) is 26.6. The van der Waals surface area contributed by atoms with Crippen molar-refractivity contribution in [2.24, 2.45) is 5.92 Å². The van der Waals surface area contributed by atoms with Crippen molar-refractivity contribution in [3.05, 3.63) is 81.9 Å². The molecule has 9 nitrogen and oxygen atoms in total. The van der Waals surface area contributed by atoms with Gasteiger partial charge in [-0.3, -0.25) is 14.5 Å². The molecule has 2 N–H and O–H groups in total. The summed E-state index contributed by atoms with van der Waals surface area (Å²) in [5.41, 5.74) is 8.01. The molecule has 3 heterocycles. The van der Waals surface area contributed by atoms with Gasteiger partial charge in [-0.25, -0.2) is 0 Å². The maximum atomic E-state index is 13.8. The maximum absolute atomic E-state index is 13.8. The van der Waals surface area contributed by atoms with Gasteiger partial charge in [0.05, 0.1) is 25.7 Å². The first-order valence-corrected chi connectivity index (χ1v) is 16.0. The van der Waals surface area contributed by atoms with Crippen LogP contribution in [0.15, 0.2) is 48.5 Å². The monoisotopic (exact) mass is 613 g/mol. The van der Waals surface area contributed by atoms with Gasteiger partial charge in [-0.2, -0.15) is 0 Å². The number of rotatable bonds is 9. The third-order valence-corrected chi connectivity index (χ3v) is 9.54. The van der Waals surface area contributed by atoms with E-state index in [9.17, 15) is 14.7 Å². The second-order valence-corrected chi connectivity index (χ2v) is 12.3. The van der Waals surface area contributed by atoms with Crippen molar-refractivity contribution in [3.8, 4) is 11.5 Å². The highest BCUT2D eigenvalue weighted by Crippen LogP contribution is 2.49. The number of carbonyl (C=O) groups excluding carboxylic acids is 1.